The molecule has 59 heavy (non-hydrogen) atoms. The number of rotatable bonds is 28. The van der Waals surface area contributed by atoms with Crippen molar-refractivity contribution >= 4 is 5.97 Å². The topological polar surface area (TPSA) is 26.3 Å². The summed E-state index contributed by atoms with van der Waals surface area (Å²) in [6, 6.07) is 0. The summed E-state index contributed by atoms with van der Waals surface area (Å²) < 4.78 is 344. The number of carbonyl (C=O) groups is 1. The molecule has 352 valence electrons. The lowest BCUT2D eigenvalue weighted by Crippen LogP contribution is -2.78. The van der Waals surface area contributed by atoms with Crippen LogP contribution in [0.4, 0.5) is 110 Å². The summed E-state index contributed by atoms with van der Waals surface area (Å²) in [5.74, 6) is -100. The van der Waals surface area contributed by atoms with Crippen LogP contribution < -0.4 is 0 Å². The van der Waals surface area contributed by atoms with Gasteiger partial charge in [-0.2, -0.15) is 110 Å². The van der Waals surface area contributed by atoms with Crippen LogP contribution in [-0.2, 0) is 9.53 Å². The fourth-order valence-corrected chi connectivity index (χ4v) is 4.85. The molecule has 0 aliphatic heterocycles. The lowest BCUT2D eigenvalue weighted by atomic mass is 9.84. The second-order valence-electron chi connectivity index (χ2n) is 13.3. The van der Waals surface area contributed by atoms with Crippen molar-refractivity contribution in [1.29, 1.82) is 0 Å². The summed E-state index contributed by atoms with van der Waals surface area (Å²) in [6.45, 7) is -0.0798. The normalized spacial score (nSPS) is 15.4. The van der Waals surface area contributed by atoms with Gasteiger partial charge in [-0.3, -0.25) is 4.79 Å². The molecule has 0 unspecified atom stereocenters. The molecule has 0 aliphatic rings. The van der Waals surface area contributed by atoms with E-state index in [1.54, 1.807) is 0 Å². The van der Waals surface area contributed by atoms with E-state index in [0.717, 1.165) is 44.9 Å². The molecule has 0 fully saturated rings. The van der Waals surface area contributed by atoms with E-state index in [-0.39, 0.29) is 12.8 Å². The van der Waals surface area contributed by atoms with Crippen LogP contribution in [0.15, 0.2) is 12.2 Å². The van der Waals surface area contributed by atoms with Crippen molar-refractivity contribution in [2.24, 2.45) is 0 Å². The SMILES string of the molecule is CCCCCCCC/C=C\CCCCCCCC(=O)OCCC(F)(F)C(F)(F)C(F)(F)C(F)(F)C(F)(F)C(F)(F)C(F)(F)C(F)(F)C(F)(F)C(F)(F)C(F)(F)C(F)(F)F. The lowest BCUT2D eigenvalue weighted by Gasteiger charge is -2.45. The highest BCUT2D eigenvalue weighted by Crippen LogP contribution is 2.67. The van der Waals surface area contributed by atoms with Crippen LogP contribution >= 0.6 is 0 Å². The molecule has 0 saturated heterocycles. The molecule has 0 spiro atoms. The maximum Gasteiger partial charge on any atom is 0.460 e. The Morgan fingerprint density at radius 2 is 0.678 bits per heavy atom. The summed E-state index contributed by atoms with van der Waals surface area (Å²) >= 11 is 0. The summed E-state index contributed by atoms with van der Waals surface area (Å²) in [5, 5.41) is 0. The van der Waals surface area contributed by atoms with Gasteiger partial charge in [0, 0.05) is 6.42 Å². The van der Waals surface area contributed by atoms with Gasteiger partial charge in [-0.15, -0.1) is 0 Å². The maximum atomic E-state index is 14.1. The van der Waals surface area contributed by atoms with Gasteiger partial charge in [0.25, 0.3) is 0 Å². The van der Waals surface area contributed by atoms with Crippen molar-refractivity contribution < 1.29 is 119 Å². The molecule has 0 N–H and O–H groups in total. The van der Waals surface area contributed by atoms with Crippen LogP contribution in [0.2, 0.25) is 0 Å². The number of ether oxygens (including phenoxy) is 1. The molecule has 0 aromatic rings. The molecule has 0 rings (SSSR count). The monoisotopic (exact) mass is 928 g/mol. The molecule has 0 aromatic heterocycles. The number of halogens is 25. The van der Waals surface area contributed by atoms with E-state index in [9.17, 15) is 115 Å². The average molecular weight is 929 g/mol. The van der Waals surface area contributed by atoms with Gasteiger partial charge in [0.05, 0.1) is 13.0 Å². The Bertz CT molecular complexity index is 1340. The first-order valence-corrected chi connectivity index (χ1v) is 17.2. The van der Waals surface area contributed by atoms with Gasteiger partial charge >= 0.3 is 77.3 Å². The fraction of sp³-hybridized carbons (Fsp3) is 0.906. The smallest absolute Gasteiger partial charge is 0.460 e. The van der Waals surface area contributed by atoms with Crippen molar-refractivity contribution in [3.8, 4) is 0 Å². The number of alkyl halides is 25. The molecule has 0 saturated carbocycles. The van der Waals surface area contributed by atoms with Gasteiger partial charge in [-0.05, 0) is 32.1 Å². The molecule has 0 atom stereocenters. The zero-order valence-corrected chi connectivity index (χ0v) is 30.2. The van der Waals surface area contributed by atoms with Crippen LogP contribution in [-0.4, -0.2) is 83.9 Å². The highest BCUT2D eigenvalue weighted by Gasteiger charge is 2.99. The zero-order valence-electron chi connectivity index (χ0n) is 30.2. The second-order valence-corrected chi connectivity index (χ2v) is 13.3. The molecule has 0 bridgehead atoms. The Morgan fingerprint density at radius 3 is 1.02 bits per heavy atom. The Balaban J connectivity index is 5.72. The van der Waals surface area contributed by atoms with Crippen molar-refractivity contribution in [3.05, 3.63) is 12.2 Å². The molecule has 2 nitrogen and oxygen atoms in total. The summed E-state index contributed by atoms with van der Waals surface area (Å²) in [5.41, 5.74) is 0. The number of unbranched alkanes of at least 4 members (excludes halogenated alkanes) is 11. The van der Waals surface area contributed by atoms with E-state index in [4.69, 9.17) is 0 Å². The number of carbonyl (C=O) groups excluding carboxylic acids is 1. The molecule has 0 heterocycles. The van der Waals surface area contributed by atoms with E-state index in [2.05, 4.69) is 11.7 Å². The Labute approximate surface area is 319 Å². The second kappa shape index (κ2) is 19.7. The van der Waals surface area contributed by atoms with Crippen molar-refractivity contribution in [3.63, 3.8) is 0 Å². The van der Waals surface area contributed by atoms with Gasteiger partial charge in [0.1, 0.15) is 0 Å². The third-order valence-electron chi connectivity index (χ3n) is 8.69. The molecule has 27 heteroatoms. The molecular weight excluding hydrogens is 891 g/mol. The first-order chi connectivity index (χ1) is 26.2. The predicted molar refractivity (Wildman–Crippen MR) is 155 cm³/mol. The van der Waals surface area contributed by atoms with Gasteiger partial charge < -0.3 is 4.74 Å². The Morgan fingerprint density at radius 1 is 0.390 bits per heavy atom. The van der Waals surface area contributed by atoms with E-state index >= 15 is 0 Å². The summed E-state index contributed by atoms with van der Waals surface area (Å²) in [7, 11) is 0. The van der Waals surface area contributed by atoms with Gasteiger partial charge in [-0.1, -0.05) is 70.4 Å². The molecule has 0 aliphatic carbocycles. The minimum absolute atomic E-state index is 0.0646. The lowest BCUT2D eigenvalue weighted by molar-refractivity contribution is -0.482. The molecule has 0 amide bonds. The Hall–Kier alpha value is -2.54. The maximum absolute atomic E-state index is 14.1. The molecular formula is C32H37F25O2. The molecule has 0 radical (unpaired) electrons. The van der Waals surface area contributed by atoms with Crippen LogP contribution in [0.25, 0.3) is 0 Å². The van der Waals surface area contributed by atoms with Crippen molar-refractivity contribution in [1.82, 2.24) is 0 Å². The third-order valence-corrected chi connectivity index (χ3v) is 8.69. The van der Waals surface area contributed by atoms with Crippen molar-refractivity contribution in [2.45, 2.75) is 175 Å². The standard InChI is InChI=1S/C32H37F25O2/c1-2-3-4-5-6-7-8-9-10-11-12-13-14-15-16-17-20(58)59-19-18-21(33,34)22(35,36)23(37,38)24(39,40)25(41,42)26(43,44)27(45,46)28(47,48)29(49,50)30(51,52)31(53,54)32(55,56)57/h9-10H,2-8,11-19H2,1H3/b10-9-. The quantitative estimate of drug-likeness (QED) is 0.0338. The van der Waals surface area contributed by atoms with Crippen LogP contribution in [0, 0.1) is 0 Å². The van der Waals surface area contributed by atoms with Gasteiger partial charge in [0.2, 0.25) is 0 Å². The largest absolute Gasteiger partial charge is 0.465 e. The number of allylic oxidation sites excluding steroid dienone is 2. The fourth-order valence-electron chi connectivity index (χ4n) is 4.85. The minimum Gasteiger partial charge on any atom is -0.465 e. The first-order valence-electron chi connectivity index (χ1n) is 17.2. The summed E-state index contributed by atoms with van der Waals surface area (Å²) in [6.07, 6.45) is 2.35. The van der Waals surface area contributed by atoms with Gasteiger partial charge in [-0.25, -0.2) is 0 Å². The zero-order chi connectivity index (χ0) is 47.0. The highest BCUT2D eigenvalue weighted by atomic mass is 19.4. The number of hydrogen-bond acceptors (Lipinski definition) is 2. The first kappa shape index (κ1) is 56.5. The Kier molecular flexibility index (Phi) is 18.8. The van der Waals surface area contributed by atoms with E-state index in [0.29, 0.717) is 25.7 Å². The van der Waals surface area contributed by atoms with E-state index in [1.807, 2.05) is 12.2 Å². The molecule has 0 aromatic carbocycles. The van der Waals surface area contributed by atoms with Crippen LogP contribution in [0.3, 0.4) is 0 Å². The number of esters is 1. The van der Waals surface area contributed by atoms with Crippen LogP contribution in [0.1, 0.15) is 103 Å². The average Bonchev–Trinajstić information content (AvgIpc) is 3.08. The van der Waals surface area contributed by atoms with Crippen LogP contribution in [0.5, 0.6) is 0 Å². The van der Waals surface area contributed by atoms with Gasteiger partial charge in [0.15, 0.2) is 0 Å². The third kappa shape index (κ3) is 10.9. The number of hydrogen-bond donors (Lipinski definition) is 0. The highest BCUT2D eigenvalue weighted by molar-refractivity contribution is 5.69. The van der Waals surface area contributed by atoms with E-state index in [1.165, 1.54) is 0 Å². The van der Waals surface area contributed by atoms with E-state index < -0.39 is 96.7 Å². The van der Waals surface area contributed by atoms with Crippen molar-refractivity contribution in [2.75, 3.05) is 6.61 Å². The minimum atomic E-state index is -9.63. The summed E-state index contributed by atoms with van der Waals surface area (Å²) in [4.78, 5) is 11.7. The predicted octanol–water partition coefficient (Wildman–Crippen LogP) is 14.5.